The summed E-state index contributed by atoms with van der Waals surface area (Å²) in [5.74, 6) is 0.685. The molecule has 1 aromatic rings. The third kappa shape index (κ3) is 4.47. The highest BCUT2D eigenvalue weighted by Gasteiger charge is 2.12. The van der Waals surface area contributed by atoms with Crippen LogP contribution in [0.15, 0.2) is 12.4 Å². The summed E-state index contributed by atoms with van der Waals surface area (Å²) in [6.45, 7) is 4.56. The first-order valence-electron chi connectivity index (χ1n) is 5.58. The maximum Gasteiger partial charge on any atom is 0.0841 e. The van der Waals surface area contributed by atoms with Gasteiger partial charge in [-0.2, -0.15) is 15.0 Å². The Labute approximate surface area is 102 Å². The van der Waals surface area contributed by atoms with Crippen LogP contribution in [0, 0.1) is 5.92 Å². The molecule has 1 aliphatic heterocycles. The van der Waals surface area contributed by atoms with Gasteiger partial charge in [0.05, 0.1) is 32.2 Å². The molecule has 1 aromatic heterocycles. The van der Waals surface area contributed by atoms with Crippen molar-refractivity contribution in [2.75, 3.05) is 26.3 Å². The Morgan fingerprint density at radius 2 is 2.19 bits per heavy atom. The molecular formula is C10H19ClN4O. The molecule has 0 aromatic carbocycles. The largest absolute Gasteiger partial charge is 0.379 e. The zero-order chi connectivity index (χ0) is 10.3. The summed E-state index contributed by atoms with van der Waals surface area (Å²) in [5.41, 5.74) is 0. The van der Waals surface area contributed by atoms with Gasteiger partial charge in [-0.1, -0.05) is 0 Å². The second-order valence-electron chi connectivity index (χ2n) is 3.91. The van der Waals surface area contributed by atoms with Crippen LogP contribution in [0.3, 0.4) is 0 Å². The monoisotopic (exact) mass is 246 g/mol. The lowest BCUT2D eigenvalue weighted by Gasteiger charge is -2.22. The van der Waals surface area contributed by atoms with Crippen molar-refractivity contribution in [1.82, 2.24) is 20.3 Å². The average Bonchev–Trinajstić information content (AvgIpc) is 2.79. The molecule has 0 saturated carbocycles. The van der Waals surface area contributed by atoms with Gasteiger partial charge < -0.3 is 10.1 Å². The molecule has 16 heavy (non-hydrogen) atoms. The Morgan fingerprint density at radius 1 is 1.38 bits per heavy atom. The smallest absolute Gasteiger partial charge is 0.0841 e. The molecule has 0 spiro atoms. The Morgan fingerprint density at radius 3 is 2.88 bits per heavy atom. The van der Waals surface area contributed by atoms with E-state index in [2.05, 4.69) is 15.5 Å². The molecule has 1 fully saturated rings. The van der Waals surface area contributed by atoms with Gasteiger partial charge in [-0.15, -0.1) is 12.4 Å². The highest BCUT2D eigenvalue weighted by atomic mass is 35.5. The van der Waals surface area contributed by atoms with Crippen LogP contribution in [0.4, 0.5) is 0 Å². The summed E-state index contributed by atoms with van der Waals surface area (Å²) >= 11 is 0. The molecule has 2 rings (SSSR count). The maximum atomic E-state index is 5.61. The van der Waals surface area contributed by atoms with Gasteiger partial charge in [0, 0.05) is 6.54 Å². The predicted octanol–water partition coefficient (Wildman–Crippen LogP) is 0.716. The van der Waals surface area contributed by atoms with E-state index in [1.165, 1.54) is 12.8 Å². The van der Waals surface area contributed by atoms with Crippen molar-refractivity contribution in [2.45, 2.75) is 19.4 Å². The Kier molecular flexibility index (Phi) is 6.37. The molecule has 1 saturated heterocycles. The van der Waals surface area contributed by atoms with E-state index in [0.717, 1.165) is 26.2 Å². The van der Waals surface area contributed by atoms with E-state index in [1.54, 1.807) is 17.2 Å². The van der Waals surface area contributed by atoms with Crippen LogP contribution in [0.2, 0.25) is 0 Å². The molecule has 92 valence electrons. The summed E-state index contributed by atoms with van der Waals surface area (Å²) in [4.78, 5) is 1.65. The number of piperidine rings is 1. The Bertz CT molecular complexity index is 262. The van der Waals surface area contributed by atoms with Gasteiger partial charge in [-0.3, -0.25) is 0 Å². The van der Waals surface area contributed by atoms with Crippen LogP contribution >= 0.6 is 12.4 Å². The fraction of sp³-hybridized carbons (Fsp3) is 0.800. The van der Waals surface area contributed by atoms with E-state index in [4.69, 9.17) is 4.74 Å². The number of aromatic nitrogens is 3. The molecule has 1 atom stereocenters. The molecule has 0 amide bonds. The van der Waals surface area contributed by atoms with Crippen molar-refractivity contribution in [2.24, 2.45) is 5.92 Å². The van der Waals surface area contributed by atoms with E-state index in [9.17, 15) is 0 Å². The third-order valence-electron chi connectivity index (χ3n) is 2.65. The summed E-state index contributed by atoms with van der Waals surface area (Å²) in [5, 5.41) is 11.4. The Balaban J connectivity index is 0.00000128. The van der Waals surface area contributed by atoms with E-state index >= 15 is 0 Å². The van der Waals surface area contributed by atoms with Crippen LogP contribution in [0.1, 0.15) is 12.8 Å². The van der Waals surface area contributed by atoms with Gasteiger partial charge in [0.15, 0.2) is 0 Å². The second-order valence-corrected chi connectivity index (χ2v) is 3.91. The number of hydrogen-bond donors (Lipinski definition) is 1. The van der Waals surface area contributed by atoms with Crippen molar-refractivity contribution in [3.05, 3.63) is 12.4 Å². The van der Waals surface area contributed by atoms with Gasteiger partial charge in [0.1, 0.15) is 0 Å². The van der Waals surface area contributed by atoms with Crippen molar-refractivity contribution >= 4 is 12.4 Å². The fourth-order valence-corrected chi connectivity index (χ4v) is 1.82. The molecule has 0 radical (unpaired) electrons. The molecular weight excluding hydrogens is 228 g/mol. The number of hydrogen-bond acceptors (Lipinski definition) is 4. The van der Waals surface area contributed by atoms with Crippen molar-refractivity contribution in [1.29, 1.82) is 0 Å². The molecule has 1 N–H and O–H groups in total. The minimum atomic E-state index is 0. The van der Waals surface area contributed by atoms with Crippen molar-refractivity contribution < 1.29 is 4.74 Å². The molecule has 0 bridgehead atoms. The average molecular weight is 247 g/mol. The SMILES string of the molecule is Cl.c1cnn(CCOC[C@H]2CCCNC2)n1. The zero-order valence-electron chi connectivity index (χ0n) is 9.34. The third-order valence-corrected chi connectivity index (χ3v) is 2.65. The van der Waals surface area contributed by atoms with Crippen LogP contribution in [0.25, 0.3) is 0 Å². The van der Waals surface area contributed by atoms with Crippen molar-refractivity contribution in [3.8, 4) is 0 Å². The highest BCUT2D eigenvalue weighted by molar-refractivity contribution is 5.85. The summed E-state index contributed by atoms with van der Waals surface area (Å²) < 4.78 is 5.61. The van der Waals surface area contributed by atoms with E-state index < -0.39 is 0 Å². The second kappa shape index (κ2) is 7.60. The van der Waals surface area contributed by atoms with E-state index in [1.807, 2.05) is 0 Å². The highest BCUT2D eigenvalue weighted by Crippen LogP contribution is 2.09. The van der Waals surface area contributed by atoms with Gasteiger partial charge >= 0.3 is 0 Å². The van der Waals surface area contributed by atoms with Gasteiger partial charge in [-0.05, 0) is 25.3 Å². The molecule has 0 unspecified atom stereocenters. The van der Waals surface area contributed by atoms with E-state index in [-0.39, 0.29) is 12.4 Å². The molecule has 0 aliphatic carbocycles. The number of nitrogens with one attached hydrogen (secondary N) is 1. The maximum absolute atomic E-state index is 5.61. The number of nitrogens with zero attached hydrogens (tertiary/aromatic N) is 3. The standard InChI is InChI=1S/C10H18N4O.ClH/c1-2-10(8-11-3-1)9-15-7-6-14-12-4-5-13-14;/h4-5,10-11H,1-3,6-9H2;1H/t10-;/m0./s1. The lowest BCUT2D eigenvalue weighted by molar-refractivity contribution is 0.0804. The summed E-state index contributed by atoms with van der Waals surface area (Å²) in [6.07, 6.45) is 5.93. The fourth-order valence-electron chi connectivity index (χ4n) is 1.82. The molecule has 6 heteroatoms. The van der Waals surface area contributed by atoms with Gasteiger partial charge in [0.2, 0.25) is 0 Å². The van der Waals surface area contributed by atoms with Crippen LogP contribution in [-0.2, 0) is 11.3 Å². The summed E-state index contributed by atoms with van der Waals surface area (Å²) in [6, 6.07) is 0. The molecule has 1 aliphatic rings. The van der Waals surface area contributed by atoms with Crippen LogP contribution in [-0.4, -0.2) is 41.3 Å². The number of ether oxygens (including phenoxy) is 1. The lowest BCUT2D eigenvalue weighted by Crippen LogP contribution is -2.32. The first-order valence-corrected chi connectivity index (χ1v) is 5.58. The molecule has 2 heterocycles. The minimum absolute atomic E-state index is 0. The van der Waals surface area contributed by atoms with Crippen LogP contribution in [0.5, 0.6) is 0 Å². The summed E-state index contributed by atoms with van der Waals surface area (Å²) in [7, 11) is 0. The van der Waals surface area contributed by atoms with Gasteiger partial charge in [-0.25, -0.2) is 0 Å². The quantitative estimate of drug-likeness (QED) is 0.778. The normalized spacial score (nSPS) is 20.4. The van der Waals surface area contributed by atoms with Crippen molar-refractivity contribution in [3.63, 3.8) is 0 Å². The first-order chi connectivity index (χ1) is 7.45. The lowest BCUT2D eigenvalue weighted by atomic mass is 10.0. The van der Waals surface area contributed by atoms with Gasteiger partial charge in [0.25, 0.3) is 0 Å². The minimum Gasteiger partial charge on any atom is -0.379 e. The van der Waals surface area contributed by atoms with E-state index in [0.29, 0.717) is 12.5 Å². The Hall–Kier alpha value is -0.650. The predicted molar refractivity (Wildman–Crippen MR) is 63.7 cm³/mol. The van der Waals surface area contributed by atoms with Crippen LogP contribution < -0.4 is 5.32 Å². The first kappa shape index (κ1) is 13.4. The number of halogens is 1. The topological polar surface area (TPSA) is 52.0 Å². The number of rotatable bonds is 5. The zero-order valence-corrected chi connectivity index (χ0v) is 10.2. The molecule has 5 nitrogen and oxygen atoms in total.